The Bertz CT molecular complexity index is 3500. The molecule has 0 spiro atoms. The molecule has 0 aliphatic carbocycles. The van der Waals surface area contributed by atoms with Crippen LogP contribution >= 0.6 is 45.3 Å². The van der Waals surface area contributed by atoms with Crippen molar-refractivity contribution in [2.24, 2.45) is 0 Å². The Hall–Kier alpha value is -5.36. The molecule has 0 nitrogen and oxygen atoms in total. The summed E-state index contributed by atoms with van der Waals surface area (Å²) in [4.78, 5) is 0. The zero-order chi connectivity index (χ0) is 44.5. The van der Waals surface area contributed by atoms with E-state index in [4.69, 9.17) is 0 Å². The first-order valence-electron chi connectivity index (χ1n) is 22.7. The molecule has 0 fully saturated rings. The topological polar surface area (TPSA) is 0 Å². The Morgan fingerprint density at radius 2 is 0.672 bits per heavy atom. The van der Waals surface area contributed by atoms with Crippen molar-refractivity contribution in [3.05, 3.63) is 192 Å². The van der Waals surface area contributed by atoms with Crippen LogP contribution in [0.15, 0.2) is 170 Å². The summed E-state index contributed by atoms with van der Waals surface area (Å²) in [5.41, 5.74) is 5.80. The van der Waals surface area contributed by atoms with Gasteiger partial charge in [0.15, 0.2) is 0 Å². The minimum Gasteiger partial charge on any atom is -0.135 e. The first kappa shape index (κ1) is 43.9. The van der Waals surface area contributed by atoms with Crippen molar-refractivity contribution in [3.63, 3.8) is 0 Å². The quantitative estimate of drug-likeness (QED) is 0.165. The Balaban J connectivity index is 0.000000108. The van der Waals surface area contributed by atoms with E-state index in [1.54, 1.807) is 0 Å². The summed E-state index contributed by atoms with van der Waals surface area (Å²) in [7, 11) is 0. The molecule has 320 valence electrons. The Labute approximate surface area is 394 Å². The average Bonchev–Trinajstić information content (AvgIpc) is 4.09. The standard InChI is InChI=1S/4C15H14S/c1-10(2)11-7-5-8-13-12-6-3-4-9-14(12)16-15(11)13;1-10(2)11-7-5-9-14-15(11)12-6-3-4-8-13(12)16-14;1-10(2)11-7-8-15-13(9-11)12-5-3-4-6-14(12)16-15;1-10(2)11-7-8-13-12-5-3-4-6-14(12)16-15(13)9-11/h4*3-10H,1-2H3. The van der Waals surface area contributed by atoms with Gasteiger partial charge >= 0.3 is 0 Å². The number of rotatable bonds is 4. The lowest BCUT2D eigenvalue weighted by atomic mass is 9.97. The predicted octanol–water partition coefficient (Wildman–Crippen LogP) is 20.7. The van der Waals surface area contributed by atoms with Gasteiger partial charge in [-0.3, -0.25) is 0 Å². The van der Waals surface area contributed by atoms with Crippen LogP contribution in [0.2, 0.25) is 0 Å². The highest BCUT2D eigenvalue weighted by Crippen LogP contribution is 2.40. The third kappa shape index (κ3) is 8.87. The molecule has 4 heterocycles. The fourth-order valence-corrected chi connectivity index (χ4v) is 13.5. The van der Waals surface area contributed by atoms with Crippen LogP contribution in [-0.4, -0.2) is 0 Å². The van der Waals surface area contributed by atoms with Gasteiger partial charge in [-0.15, -0.1) is 45.3 Å². The van der Waals surface area contributed by atoms with E-state index in [1.807, 2.05) is 45.3 Å². The van der Waals surface area contributed by atoms with Crippen LogP contribution in [0.25, 0.3) is 80.7 Å². The molecule has 0 aliphatic heterocycles. The van der Waals surface area contributed by atoms with E-state index in [9.17, 15) is 0 Å². The fraction of sp³-hybridized carbons (Fsp3) is 0.200. The van der Waals surface area contributed by atoms with E-state index in [-0.39, 0.29) is 0 Å². The summed E-state index contributed by atoms with van der Waals surface area (Å²) in [6, 6.07) is 61.7. The smallest absolute Gasteiger partial charge is 0.0390 e. The second-order valence-corrected chi connectivity index (χ2v) is 22.3. The first-order valence-corrected chi connectivity index (χ1v) is 25.9. The lowest BCUT2D eigenvalue weighted by Crippen LogP contribution is -1.86. The molecule has 0 amide bonds. The third-order valence-corrected chi connectivity index (χ3v) is 16.9. The van der Waals surface area contributed by atoms with Gasteiger partial charge in [0.25, 0.3) is 0 Å². The van der Waals surface area contributed by atoms with Crippen LogP contribution < -0.4 is 0 Å². The molecule has 4 heteroatoms. The van der Waals surface area contributed by atoms with Crippen molar-refractivity contribution in [1.29, 1.82) is 0 Å². The van der Waals surface area contributed by atoms with E-state index < -0.39 is 0 Å². The summed E-state index contributed by atoms with van der Waals surface area (Å²) in [6.07, 6.45) is 0. The fourth-order valence-electron chi connectivity index (χ4n) is 8.71. The predicted molar refractivity (Wildman–Crippen MR) is 294 cm³/mol. The molecule has 0 aliphatic rings. The van der Waals surface area contributed by atoms with Crippen molar-refractivity contribution in [3.8, 4) is 0 Å². The molecule has 0 saturated heterocycles. The van der Waals surface area contributed by atoms with Crippen LogP contribution in [-0.2, 0) is 0 Å². The van der Waals surface area contributed by atoms with Gasteiger partial charge in [0.2, 0.25) is 0 Å². The lowest BCUT2D eigenvalue weighted by molar-refractivity contribution is 0.869. The van der Waals surface area contributed by atoms with Crippen molar-refractivity contribution in [1.82, 2.24) is 0 Å². The Kier molecular flexibility index (Phi) is 13.0. The van der Waals surface area contributed by atoms with Gasteiger partial charge < -0.3 is 0 Å². The lowest BCUT2D eigenvalue weighted by Gasteiger charge is -2.07. The van der Waals surface area contributed by atoms with Crippen LogP contribution in [0, 0.1) is 0 Å². The SMILES string of the molecule is CC(C)c1ccc2c(c1)sc1ccccc12.CC(C)c1ccc2sc3ccccc3c2c1.CC(C)c1cccc2c1sc1ccccc12.CC(C)c1cccc2sc3ccccc3c12. The second-order valence-electron chi connectivity index (χ2n) is 18.0. The number of benzene rings is 8. The maximum atomic E-state index is 2.35. The highest BCUT2D eigenvalue weighted by Gasteiger charge is 2.12. The average molecular weight is 905 g/mol. The minimum atomic E-state index is 0.585. The molecule has 0 unspecified atom stereocenters. The van der Waals surface area contributed by atoms with Gasteiger partial charge in [0.1, 0.15) is 0 Å². The number of hydrogen-bond donors (Lipinski definition) is 0. The van der Waals surface area contributed by atoms with Crippen LogP contribution in [0.5, 0.6) is 0 Å². The maximum absolute atomic E-state index is 2.35. The maximum Gasteiger partial charge on any atom is 0.0390 e. The molecule has 0 N–H and O–H groups in total. The molecular formula is C60H56S4. The summed E-state index contributed by atoms with van der Waals surface area (Å²) in [5, 5.41) is 11.3. The zero-order valence-corrected chi connectivity index (χ0v) is 41.4. The molecule has 0 bridgehead atoms. The second kappa shape index (κ2) is 19.0. The van der Waals surface area contributed by atoms with Gasteiger partial charge in [-0.2, -0.15) is 0 Å². The van der Waals surface area contributed by atoms with Gasteiger partial charge in [-0.25, -0.2) is 0 Å². The Morgan fingerprint density at radius 1 is 0.266 bits per heavy atom. The molecule has 0 saturated carbocycles. The molecule has 0 atom stereocenters. The van der Waals surface area contributed by atoms with Crippen molar-refractivity contribution in [2.45, 2.75) is 79.1 Å². The molecule has 8 aromatic carbocycles. The molecule has 64 heavy (non-hydrogen) atoms. The molecule has 0 radical (unpaired) electrons. The summed E-state index contributed by atoms with van der Waals surface area (Å²) >= 11 is 7.59. The largest absolute Gasteiger partial charge is 0.135 e. The van der Waals surface area contributed by atoms with Crippen molar-refractivity contribution >= 4 is 126 Å². The first-order chi connectivity index (χ1) is 31.0. The zero-order valence-electron chi connectivity index (χ0n) is 38.1. The van der Waals surface area contributed by atoms with E-state index >= 15 is 0 Å². The molecule has 12 rings (SSSR count). The molecule has 4 aromatic heterocycles. The summed E-state index contributed by atoms with van der Waals surface area (Å²) < 4.78 is 11.2. The van der Waals surface area contributed by atoms with Crippen LogP contribution in [0.3, 0.4) is 0 Å². The summed E-state index contributed by atoms with van der Waals surface area (Å²) in [5.74, 6) is 2.39. The van der Waals surface area contributed by atoms with E-state index in [1.165, 1.54) is 103 Å². The van der Waals surface area contributed by atoms with Gasteiger partial charge in [0, 0.05) is 80.7 Å². The normalized spacial score (nSPS) is 11.7. The van der Waals surface area contributed by atoms with Gasteiger partial charge in [-0.1, -0.05) is 177 Å². The highest BCUT2D eigenvalue weighted by atomic mass is 32.1. The molecule has 12 aromatic rings. The summed E-state index contributed by atoms with van der Waals surface area (Å²) in [6.45, 7) is 18.0. The van der Waals surface area contributed by atoms with E-state index in [0.29, 0.717) is 23.7 Å². The Morgan fingerprint density at radius 3 is 1.30 bits per heavy atom. The van der Waals surface area contributed by atoms with Gasteiger partial charge in [0.05, 0.1) is 0 Å². The van der Waals surface area contributed by atoms with Crippen LogP contribution in [0.1, 0.15) is 101 Å². The van der Waals surface area contributed by atoms with Crippen molar-refractivity contribution < 1.29 is 0 Å². The highest BCUT2D eigenvalue weighted by molar-refractivity contribution is 7.27. The third-order valence-electron chi connectivity index (χ3n) is 12.3. The van der Waals surface area contributed by atoms with Crippen LogP contribution in [0.4, 0.5) is 0 Å². The number of fused-ring (bicyclic) bond motifs is 12. The molecular weight excluding hydrogens is 849 g/mol. The van der Waals surface area contributed by atoms with E-state index in [2.05, 4.69) is 225 Å². The van der Waals surface area contributed by atoms with Crippen molar-refractivity contribution in [2.75, 3.05) is 0 Å². The van der Waals surface area contributed by atoms with Gasteiger partial charge in [-0.05, 0) is 94.5 Å². The monoisotopic (exact) mass is 904 g/mol. The van der Waals surface area contributed by atoms with E-state index in [0.717, 1.165) is 0 Å². The minimum absolute atomic E-state index is 0.585. The number of thiophene rings is 4. The number of hydrogen-bond acceptors (Lipinski definition) is 4.